The standard InChI is InChI=1S/C11H16O2S/c1-11(2,13)7-8-14-10-6-4-3-5-9(10)12/h3-6,12-13H,7-8H2,1-2H3. The van der Waals surface area contributed by atoms with Gasteiger partial charge in [0.2, 0.25) is 0 Å². The molecule has 14 heavy (non-hydrogen) atoms. The van der Waals surface area contributed by atoms with Crippen LogP contribution >= 0.6 is 11.8 Å². The van der Waals surface area contributed by atoms with E-state index >= 15 is 0 Å². The van der Waals surface area contributed by atoms with Gasteiger partial charge in [-0.05, 0) is 32.4 Å². The van der Waals surface area contributed by atoms with Gasteiger partial charge in [0.1, 0.15) is 5.75 Å². The highest BCUT2D eigenvalue weighted by Gasteiger charge is 2.12. The lowest BCUT2D eigenvalue weighted by Crippen LogP contribution is -2.18. The van der Waals surface area contributed by atoms with Crippen molar-refractivity contribution in [3.8, 4) is 5.75 Å². The number of hydrogen-bond acceptors (Lipinski definition) is 3. The molecule has 0 spiro atoms. The van der Waals surface area contributed by atoms with Crippen LogP contribution in [0.4, 0.5) is 0 Å². The molecule has 2 nitrogen and oxygen atoms in total. The molecular weight excluding hydrogens is 196 g/mol. The van der Waals surface area contributed by atoms with E-state index in [9.17, 15) is 10.2 Å². The average Bonchev–Trinajstić information content (AvgIpc) is 2.06. The van der Waals surface area contributed by atoms with Gasteiger partial charge in [0, 0.05) is 10.6 Å². The SMILES string of the molecule is CC(C)(O)CCSc1ccccc1O. The zero-order chi connectivity index (χ0) is 10.6. The van der Waals surface area contributed by atoms with E-state index in [1.165, 1.54) is 0 Å². The molecule has 0 bridgehead atoms. The monoisotopic (exact) mass is 212 g/mol. The van der Waals surface area contributed by atoms with Crippen LogP contribution in [0.5, 0.6) is 5.75 Å². The summed E-state index contributed by atoms with van der Waals surface area (Å²) >= 11 is 1.56. The van der Waals surface area contributed by atoms with Crippen LogP contribution in [0, 0.1) is 0 Å². The van der Waals surface area contributed by atoms with E-state index in [1.807, 2.05) is 12.1 Å². The second kappa shape index (κ2) is 4.71. The lowest BCUT2D eigenvalue weighted by Gasteiger charge is -2.16. The van der Waals surface area contributed by atoms with Crippen molar-refractivity contribution in [3.05, 3.63) is 24.3 Å². The first-order chi connectivity index (χ1) is 6.49. The summed E-state index contributed by atoms with van der Waals surface area (Å²) in [5.41, 5.74) is -0.628. The molecule has 0 saturated carbocycles. The molecule has 0 fully saturated rings. The molecule has 0 atom stereocenters. The smallest absolute Gasteiger partial charge is 0.129 e. The van der Waals surface area contributed by atoms with E-state index in [4.69, 9.17) is 0 Å². The van der Waals surface area contributed by atoms with E-state index in [2.05, 4.69) is 0 Å². The summed E-state index contributed by atoms with van der Waals surface area (Å²) in [4.78, 5) is 0.872. The van der Waals surface area contributed by atoms with Gasteiger partial charge in [-0.15, -0.1) is 11.8 Å². The third kappa shape index (κ3) is 4.03. The fourth-order valence-corrected chi connectivity index (χ4v) is 2.20. The maximum Gasteiger partial charge on any atom is 0.129 e. The molecule has 0 amide bonds. The van der Waals surface area contributed by atoms with Gasteiger partial charge in [0.15, 0.2) is 0 Å². The van der Waals surface area contributed by atoms with Crippen LogP contribution in [0.1, 0.15) is 20.3 Å². The van der Waals surface area contributed by atoms with Crippen LogP contribution in [0.25, 0.3) is 0 Å². The van der Waals surface area contributed by atoms with E-state index in [0.29, 0.717) is 12.2 Å². The largest absolute Gasteiger partial charge is 0.507 e. The van der Waals surface area contributed by atoms with Crippen LogP contribution < -0.4 is 0 Å². The molecule has 1 rings (SSSR count). The number of aromatic hydroxyl groups is 1. The first kappa shape index (κ1) is 11.4. The number of phenols is 1. The van der Waals surface area contributed by atoms with Crippen molar-refractivity contribution in [1.29, 1.82) is 0 Å². The summed E-state index contributed by atoms with van der Waals surface area (Å²) in [6.45, 7) is 3.58. The fourth-order valence-electron chi connectivity index (χ4n) is 0.990. The van der Waals surface area contributed by atoms with Crippen molar-refractivity contribution in [2.45, 2.75) is 30.8 Å². The zero-order valence-electron chi connectivity index (χ0n) is 8.53. The molecule has 0 aliphatic rings. The zero-order valence-corrected chi connectivity index (χ0v) is 9.34. The second-order valence-electron chi connectivity index (χ2n) is 3.88. The highest BCUT2D eigenvalue weighted by Crippen LogP contribution is 2.29. The molecule has 0 aliphatic carbocycles. The fraction of sp³-hybridized carbons (Fsp3) is 0.455. The Morgan fingerprint density at radius 3 is 2.50 bits per heavy atom. The van der Waals surface area contributed by atoms with E-state index in [1.54, 1.807) is 37.7 Å². The Morgan fingerprint density at radius 1 is 1.29 bits per heavy atom. The Morgan fingerprint density at radius 2 is 1.93 bits per heavy atom. The van der Waals surface area contributed by atoms with Crippen LogP contribution in [0.15, 0.2) is 29.2 Å². The molecule has 0 aromatic heterocycles. The minimum absolute atomic E-state index is 0.313. The Bertz CT molecular complexity index is 292. The van der Waals surface area contributed by atoms with Gasteiger partial charge in [0.05, 0.1) is 5.60 Å². The van der Waals surface area contributed by atoms with Crippen molar-refractivity contribution >= 4 is 11.8 Å². The van der Waals surface area contributed by atoms with Crippen molar-refractivity contribution in [1.82, 2.24) is 0 Å². The van der Waals surface area contributed by atoms with Crippen LogP contribution in [0.2, 0.25) is 0 Å². The lowest BCUT2D eigenvalue weighted by atomic mass is 10.1. The van der Waals surface area contributed by atoms with Gasteiger partial charge in [-0.1, -0.05) is 12.1 Å². The van der Waals surface area contributed by atoms with Gasteiger partial charge in [0.25, 0.3) is 0 Å². The molecule has 0 unspecified atom stereocenters. The van der Waals surface area contributed by atoms with Crippen molar-refractivity contribution in [2.75, 3.05) is 5.75 Å². The van der Waals surface area contributed by atoms with E-state index < -0.39 is 5.60 Å². The molecule has 2 N–H and O–H groups in total. The topological polar surface area (TPSA) is 40.5 Å². The average molecular weight is 212 g/mol. The Kier molecular flexibility index (Phi) is 3.84. The summed E-state index contributed by atoms with van der Waals surface area (Å²) in [6.07, 6.45) is 0.714. The predicted molar refractivity (Wildman–Crippen MR) is 59.7 cm³/mol. The van der Waals surface area contributed by atoms with Crippen LogP contribution in [-0.4, -0.2) is 21.6 Å². The molecule has 0 saturated heterocycles. The van der Waals surface area contributed by atoms with Gasteiger partial charge >= 0.3 is 0 Å². The Balaban J connectivity index is 2.43. The molecule has 78 valence electrons. The van der Waals surface area contributed by atoms with Crippen molar-refractivity contribution < 1.29 is 10.2 Å². The Labute approximate surface area is 89.0 Å². The highest BCUT2D eigenvalue weighted by molar-refractivity contribution is 7.99. The maximum absolute atomic E-state index is 9.49. The molecule has 1 aromatic carbocycles. The molecule has 3 heteroatoms. The van der Waals surface area contributed by atoms with E-state index in [0.717, 1.165) is 10.6 Å². The number of phenolic OH excluding ortho intramolecular Hbond substituents is 1. The lowest BCUT2D eigenvalue weighted by molar-refractivity contribution is 0.0777. The number of thioether (sulfide) groups is 1. The second-order valence-corrected chi connectivity index (χ2v) is 5.02. The number of hydrogen-bond donors (Lipinski definition) is 2. The van der Waals surface area contributed by atoms with Crippen LogP contribution in [0.3, 0.4) is 0 Å². The van der Waals surface area contributed by atoms with Crippen LogP contribution in [-0.2, 0) is 0 Å². The summed E-state index contributed by atoms with van der Waals surface area (Å²) in [5, 5.41) is 18.9. The van der Waals surface area contributed by atoms with Gasteiger partial charge in [-0.3, -0.25) is 0 Å². The van der Waals surface area contributed by atoms with E-state index in [-0.39, 0.29) is 0 Å². The summed E-state index contributed by atoms with van der Waals surface area (Å²) in [7, 11) is 0. The number of para-hydroxylation sites is 1. The predicted octanol–water partition coefficient (Wildman–Crippen LogP) is 2.65. The molecule has 0 aliphatic heterocycles. The number of aliphatic hydroxyl groups is 1. The molecular formula is C11H16O2S. The minimum atomic E-state index is -0.628. The quantitative estimate of drug-likeness (QED) is 0.754. The number of rotatable bonds is 4. The van der Waals surface area contributed by atoms with Crippen molar-refractivity contribution in [3.63, 3.8) is 0 Å². The molecule has 0 heterocycles. The van der Waals surface area contributed by atoms with Crippen molar-refractivity contribution in [2.24, 2.45) is 0 Å². The normalized spacial score (nSPS) is 11.6. The first-order valence-electron chi connectivity index (χ1n) is 4.62. The Hall–Kier alpha value is -0.670. The van der Waals surface area contributed by atoms with Gasteiger partial charge in [-0.2, -0.15) is 0 Å². The third-order valence-electron chi connectivity index (χ3n) is 1.84. The molecule has 0 radical (unpaired) electrons. The first-order valence-corrected chi connectivity index (χ1v) is 5.61. The summed E-state index contributed by atoms with van der Waals surface area (Å²) < 4.78 is 0. The molecule has 1 aromatic rings. The van der Waals surface area contributed by atoms with Gasteiger partial charge in [-0.25, -0.2) is 0 Å². The maximum atomic E-state index is 9.49. The minimum Gasteiger partial charge on any atom is -0.507 e. The summed E-state index contributed by atoms with van der Waals surface area (Å²) in [5.74, 6) is 1.12. The third-order valence-corrected chi connectivity index (χ3v) is 2.90. The van der Waals surface area contributed by atoms with Gasteiger partial charge < -0.3 is 10.2 Å². The summed E-state index contributed by atoms with van der Waals surface area (Å²) in [6, 6.07) is 7.25. The highest BCUT2D eigenvalue weighted by atomic mass is 32.2. The number of benzene rings is 1.